The van der Waals surface area contributed by atoms with Crippen molar-refractivity contribution in [3.63, 3.8) is 0 Å². The third-order valence-corrected chi connectivity index (χ3v) is 4.29. The van der Waals surface area contributed by atoms with Crippen molar-refractivity contribution in [3.05, 3.63) is 21.3 Å². The van der Waals surface area contributed by atoms with Crippen LogP contribution < -0.4 is 5.32 Å². The van der Waals surface area contributed by atoms with Crippen LogP contribution in [0.4, 0.5) is 0 Å². The van der Waals surface area contributed by atoms with Gasteiger partial charge in [-0.2, -0.15) is 0 Å². The highest BCUT2D eigenvalue weighted by Crippen LogP contribution is 2.24. The molecule has 1 rings (SSSR count). The van der Waals surface area contributed by atoms with Gasteiger partial charge in [0.05, 0.1) is 10.4 Å². The molecule has 0 aliphatic rings. The predicted octanol–water partition coefficient (Wildman–Crippen LogP) is 3.98. The molecule has 2 atom stereocenters. The van der Waals surface area contributed by atoms with E-state index >= 15 is 0 Å². The first-order chi connectivity index (χ1) is 8.58. The van der Waals surface area contributed by atoms with Crippen LogP contribution in [0.3, 0.4) is 0 Å². The molecule has 1 aromatic rings. The van der Waals surface area contributed by atoms with Crippen molar-refractivity contribution in [2.75, 3.05) is 13.7 Å². The minimum Gasteiger partial charge on any atom is -0.380 e. The van der Waals surface area contributed by atoms with E-state index in [9.17, 15) is 0 Å². The van der Waals surface area contributed by atoms with Crippen LogP contribution in [-0.4, -0.2) is 25.8 Å². The Kier molecular flexibility index (Phi) is 7.23. The van der Waals surface area contributed by atoms with Crippen LogP contribution in [0.2, 0.25) is 4.34 Å². The Morgan fingerprint density at radius 2 is 2.11 bits per heavy atom. The van der Waals surface area contributed by atoms with Crippen molar-refractivity contribution in [3.8, 4) is 0 Å². The van der Waals surface area contributed by atoms with Crippen LogP contribution in [-0.2, 0) is 11.2 Å². The van der Waals surface area contributed by atoms with E-state index in [1.807, 2.05) is 6.07 Å². The van der Waals surface area contributed by atoms with Gasteiger partial charge in [-0.1, -0.05) is 32.4 Å². The average molecular weight is 290 g/mol. The van der Waals surface area contributed by atoms with Crippen molar-refractivity contribution < 1.29 is 4.74 Å². The Balaban J connectivity index is 2.70. The highest BCUT2D eigenvalue weighted by Gasteiger charge is 2.24. The highest BCUT2D eigenvalue weighted by molar-refractivity contribution is 7.16. The Bertz CT molecular complexity index is 340. The molecular formula is C14H24ClNOS. The third-order valence-electron chi connectivity index (χ3n) is 3.03. The maximum Gasteiger partial charge on any atom is 0.0931 e. The summed E-state index contributed by atoms with van der Waals surface area (Å²) in [5.74, 6) is 0.500. The molecule has 0 bridgehead atoms. The lowest BCUT2D eigenvalue weighted by atomic mass is 9.96. The summed E-state index contributed by atoms with van der Waals surface area (Å²) < 4.78 is 6.52. The fraction of sp³-hybridized carbons (Fsp3) is 0.714. The molecule has 0 aliphatic carbocycles. The number of nitrogens with one attached hydrogen (secondary N) is 1. The first-order valence-corrected chi connectivity index (χ1v) is 7.78. The van der Waals surface area contributed by atoms with Crippen LogP contribution in [0, 0.1) is 5.92 Å². The van der Waals surface area contributed by atoms with Gasteiger partial charge in [0.1, 0.15) is 0 Å². The van der Waals surface area contributed by atoms with Crippen molar-refractivity contribution >= 4 is 22.9 Å². The molecule has 0 amide bonds. The van der Waals surface area contributed by atoms with Crippen LogP contribution in [0.15, 0.2) is 12.1 Å². The number of hydrogen-bond acceptors (Lipinski definition) is 3. The number of methoxy groups -OCH3 is 1. The molecule has 2 unspecified atom stereocenters. The molecule has 1 N–H and O–H groups in total. The summed E-state index contributed by atoms with van der Waals surface area (Å²) >= 11 is 7.65. The minimum absolute atomic E-state index is 0.234. The number of rotatable bonds is 8. The SMILES string of the molecule is CCCNC(Cc1ccc(Cl)s1)C(OC)C(C)C. The van der Waals surface area contributed by atoms with Gasteiger partial charge in [0.25, 0.3) is 0 Å². The van der Waals surface area contributed by atoms with Gasteiger partial charge >= 0.3 is 0 Å². The van der Waals surface area contributed by atoms with Crippen LogP contribution >= 0.6 is 22.9 Å². The van der Waals surface area contributed by atoms with Gasteiger partial charge in [-0.3, -0.25) is 0 Å². The van der Waals surface area contributed by atoms with E-state index in [0.717, 1.165) is 23.7 Å². The van der Waals surface area contributed by atoms with Gasteiger partial charge in [0, 0.05) is 18.0 Å². The lowest BCUT2D eigenvalue weighted by Gasteiger charge is -2.29. The molecule has 104 valence electrons. The Morgan fingerprint density at radius 3 is 2.56 bits per heavy atom. The summed E-state index contributed by atoms with van der Waals surface area (Å²) in [5, 5.41) is 3.60. The summed E-state index contributed by atoms with van der Waals surface area (Å²) in [6, 6.07) is 4.43. The van der Waals surface area contributed by atoms with Crippen LogP contribution in [0.25, 0.3) is 0 Å². The lowest BCUT2D eigenvalue weighted by molar-refractivity contribution is 0.0335. The number of hydrogen-bond donors (Lipinski definition) is 1. The summed E-state index contributed by atoms with van der Waals surface area (Å²) in [7, 11) is 1.80. The number of ether oxygens (including phenoxy) is 1. The van der Waals surface area contributed by atoms with Gasteiger partial charge < -0.3 is 10.1 Å². The standard InChI is InChI=1S/C14H24ClNOS/c1-5-8-16-12(14(17-4)10(2)3)9-11-6-7-13(15)18-11/h6-7,10,12,14,16H,5,8-9H2,1-4H3. The van der Waals surface area contributed by atoms with Gasteiger partial charge in [-0.05, 0) is 37.4 Å². The molecule has 0 radical (unpaired) electrons. The Hall–Kier alpha value is -0.0900. The number of halogens is 1. The quantitative estimate of drug-likeness (QED) is 0.781. The van der Waals surface area contributed by atoms with Gasteiger partial charge in [-0.25, -0.2) is 0 Å². The maximum absolute atomic E-state index is 5.99. The molecule has 4 heteroatoms. The van der Waals surface area contributed by atoms with E-state index in [4.69, 9.17) is 16.3 Å². The monoisotopic (exact) mass is 289 g/mol. The average Bonchev–Trinajstić information content (AvgIpc) is 2.72. The number of thiophene rings is 1. The minimum atomic E-state index is 0.234. The predicted molar refractivity (Wildman–Crippen MR) is 80.7 cm³/mol. The van der Waals surface area contributed by atoms with Crippen molar-refractivity contribution in [2.24, 2.45) is 5.92 Å². The van der Waals surface area contributed by atoms with E-state index in [0.29, 0.717) is 12.0 Å². The van der Waals surface area contributed by atoms with Crippen LogP contribution in [0.1, 0.15) is 32.1 Å². The second-order valence-corrected chi connectivity index (χ2v) is 6.71. The van der Waals surface area contributed by atoms with Crippen molar-refractivity contribution in [1.29, 1.82) is 0 Å². The van der Waals surface area contributed by atoms with Gasteiger partial charge in [0.15, 0.2) is 0 Å². The summed E-state index contributed by atoms with van der Waals surface area (Å²) in [4.78, 5) is 1.32. The van der Waals surface area contributed by atoms with Crippen LogP contribution in [0.5, 0.6) is 0 Å². The zero-order valence-corrected chi connectivity index (χ0v) is 13.3. The molecule has 0 fully saturated rings. The topological polar surface area (TPSA) is 21.3 Å². The first kappa shape index (κ1) is 16.0. The molecule has 0 aliphatic heterocycles. The van der Waals surface area contributed by atoms with Crippen molar-refractivity contribution in [1.82, 2.24) is 5.32 Å². The van der Waals surface area contributed by atoms with E-state index in [1.54, 1.807) is 18.4 Å². The smallest absolute Gasteiger partial charge is 0.0931 e. The Morgan fingerprint density at radius 1 is 1.39 bits per heavy atom. The normalized spacial score (nSPS) is 15.0. The molecule has 0 saturated carbocycles. The zero-order chi connectivity index (χ0) is 13.5. The summed E-state index contributed by atoms with van der Waals surface area (Å²) in [6.07, 6.45) is 2.35. The molecule has 0 aromatic carbocycles. The fourth-order valence-electron chi connectivity index (χ4n) is 2.21. The molecule has 1 aromatic heterocycles. The second kappa shape index (κ2) is 8.16. The van der Waals surface area contributed by atoms with Gasteiger partial charge in [-0.15, -0.1) is 11.3 Å². The van der Waals surface area contributed by atoms with Crippen molar-refractivity contribution in [2.45, 2.75) is 45.8 Å². The van der Waals surface area contributed by atoms with Gasteiger partial charge in [0.2, 0.25) is 0 Å². The fourth-order valence-corrected chi connectivity index (χ4v) is 3.36. The van der Waals surface area contributed by atoms with E-state index in [-0.39, 0.29) is 6.10 Å². The molecule has 1 heterocycles. The molecule has 0 saturated heterocycles. The zero-order valence-electron chi connectivity index (χ0n) is 11.7. The molecule has 0 spiro atoms. The van der Waals surface area contributed by atoms with E-state index in [2.05, 4.69) is 32.2 Å². The highest BCUT2D eigenvalue weighted by atomic mass is 35.5. The summed E-state index contributed by atoms with van der Waals surface area (Å²) in [5.41, 5.74) is 0. The molecule has 18 heavy (non-hydrogen) atoms. The maximum atomic E-state index is 5.99. The third kappa shape index (κ3) is 4.88. The first-order valence-electron chi connectivity index (χ1n) is 6.58. The largest absolute Gasteiger partial charge is 0.380 e. The lowest BCUT2D eigenvalue weighted by Crippen LogP contribution is -2.45. The van der Waals surface area contributed by atoms with E-state index in [1.165, 1.54) is 4.88 Å². The molecule has 2 nitrogen and oxygen atoms in total. The second-order valence-electron chi connectivity index (χ2n) is 4.91. The summed E-state index contributed by atoms with van der Waals surface area (Å²) in [6.45, 7) is 7.62. The molecular weight excluding hydrogens is 266 g/mol. The van der Waals surface area contributed by atoms with E-state index < -0.39 is 0 Å². The Labute approximate surface area is 120 Å².